The smallest absolute Gasteiger partial charge is 0.231 e. The summed E-state index contributed by atoms with van der Waals surface area (Å²) >= 11 is 2.69. The molecule has 0 aliphatic rings. The summed E-state index contributed by atoms with van der Waals surface area (Å²) in [5.74, 6) is -0.445. The summed E-state index contributed by atoms with van der Waals surface area (Å²) in [6.45, 7) is 3.60. The van der Waals surface area contributed by atoms with Crippen LogP contribution in [0.5, 0.6) is 0 Å². The van der Waals surface area contributed by atoms with Gasteiger partial charge >= 0.3 is 0 Å². The summed E-state index contributed by atoms with van der Waals surface area (Å²) in [5, 5.41) is 22.8. The van der Waals surface area contributed by atoms with Crippen molar-refractivity contribution in [2.45, 2.75) is 24.9 Å². The third kappa shape index (κ3) is 4.55. The number of nitrogens with zero attached hydrogens (tertiary/aromatic N) is 3. The Morgan fingerprint density at radius 3 is 2.68 bits per heavy atom. The van der Waals surface area contributed by atoms with Crippen molar-refractivity contribution in [2.24, 2.45) is 0 Å². The van der Waals surface area contributed by atoms with Crippen molar-refractivity contribution >= 4 is 29.0 Å². The molecule has 0 saturated carbocycles. The number of benzene rings is 1. The lowest BCUT2D eigenvalue weighted by Crippen LogP contribution is -2.30. The molecule has 5 nitrogen and oxygen atoms in total. The number of hydrogen-bond acceptors (Lipinski definition) is 6. The predicted molar refractivity (Wildman–Crippen MR) is 108 cm³/mol. The lowest BCUT2D eigenvalue weighted by molar-refractivity contribution is -0.119. The number of carbonyl (C=O) groups excluding carboxylic acids is 1. The molecule has 0 fully saturated rings. The molecular weight excluding hydrogens is 395 g/mol. The number of carbonyl (C=O) groups is 1. The van der Waals surface area contributed by atoms with Gasteiger partial charge < -0.3 is 5.32 Å². The lowest BCUT2D eigenvalue weighted by Gasteiger charge is -2.18. The number of hydrogen-bond donors (Lipinski definition) is 1. The molecule has 1 amide bonds. The highest BCUT2D eigenvalue weighted by Crippen LogP contribution is 2.27. The van der Waals surface area contributed by atoms with E-state index in [0.29, 0.717) is 16.3 Å². The molecule has 28 heavy (non-hydrogen) atoms. The van der Waals surface area contributed by atoms with Crippen LogP contribution in [0.15, 0.2) is 46.8 Å². The van der Waals surface area contributed by atoms with Crippen molar-refractivity contribution in [3.8, 4) is 6.07 Å². The molecule has 0 bridgehead atoms. The van der Waals surface area contributed by atoms with Gasteiger partial charge in [0.25, 0.3) is 0 Å². The molecule has 2 heterocycles. The number of aromatic nitrogens is 2. The molecule has 0 aliphatic heterocycles. The van der Waals surface area contributed by atoms with Crippen molar-refractivity contribution in [3.05, 3.63) is 74.9 Å². The molecule has 1 N–H and O–H groups in total. The van der Waals surface area contributed by atoms with Gasteiger partial charge in [0, 0.05) is 4.88 Å². The molecular formula is C20H17FN4OS2. The van der Waals surface area contributed by atoms with Gasteiger partial charge in [0.2, 0.25) is 5.91 Å². The first-order valence-electron chi connectivity index (χ1n) is 8.44. The first-order chi connectivity index (χ1) is 13.5. The fourth-order valence-corrected chi connectivity index (χ4v) is 4.18. The van der Waals surface area contributed by atoms with Gasteiger partial charge in [0.05, 0.1) is 23.1 Å². The van der Waals surface area contributed by atoms with E-state index in [9.17, 15) is 14.4 Å². The Bertz CT molecular complexity index is 1010. The zero-order valence-corrected chi connectivity index (χ0v) is 16.9. The molecule has 0 radical (unpaired) electrons. The molecule has 1 aromatic carbocycles. The number of nitriles is 1. The largest absolute Gasteiger partial charge is 0.344 e. The number of rotatable bonds is 6. The summed E-state index contributed by atoms with van der Waals surface area (Å²) in [6, 6.07) is 11.7. The van der Waals surface area contributed by atoms with E-state index in [1.807, 2.05) is 24.4 Å². The lowest BCUT2D eigenvalue weighted by atomic mass is 10.1. The highest BCUT2D eigenvalue weighted by atomic mass is 32.2. The van der Waals surface area contributed by atoms with Crippen LogP contribution in [0.1, 0.15) is 33.3 Å². The minimum absolute atomic E-state index is 0.0922. The van der Waals surface area contributed by atoms with E-state index in [1.54, 1.807) is 19.1 Å². The van der Waals surface area contributed by atoms with Crippen molar-refractivity contribution in [3.63, 3.8) is 0 Å². The van der Waals surface area contributed by atoms with Gasteiger partial charge in [-0.25, -0.2) is 4.39 Å². The second-order valence-electron chi connectivity index (χ2n) is 6.06. The predicted octanol–water partition coefficient (Wildman–Crippen LogP) is 4.16. The molecule has 0 aliphatic carbocycles. The van der Waals surface area contributed by atoms with Gasteiger partial charge in [0.15, 0.2) is 0 Å². The van der Waals surface area contributed by atoms with Crippen molar-refractivity contribution in [1.29, 1.82) is 5.26 Å². The highest BCUT2D eigenvalue weighted by molar-refractivity contribution is 8.00. The molecule has 1 unspecified atom stereocenters. The SMILES string of the molecule is Cc1nnc(SCC(=O)NC(c2ccc(F)cc2)c2cccs2)c(C#N)c1C. The van der Waals surface area contributed by atoms with Crippen molar-refractivity contribution in [1.82, 2.24) is 15.5 Å². The average Bonchev–Trinajstić information content (AvgIpc) is 3.22. The Morgan fingerprint density at radius 2 is 2.04 bits per heavy atom. The monoisotopic (exact) mass is 412 g/mol. The van der Waals surface area contributed by atoms with E-state index in [-0.39, 0.29) is 23.5 Å². The minimum Gasteiger partial charge on any atom is -0.344 e. The van der Waals surface area contributed by atoms with Crippen LogP contribution in [0.3, 0.4) is 0 Å². The molecule has 0 saturated heterocycles. The normalized spacial score (nSPS) is 11.6. The zero-order valence-electron chi connectivity index (χ0n) is 15.3. The van der Waals surface area contributed by atoms with E-state index in [2.05, 4.69) is 21.6 Å². The Labute approximate surface area is 170 Å². The molecule has 3 aromatic rings. The first kappa shape index (κ1) is 20.0. The summed E-state index contributed by atoms with van der Waals surface area (Å²) < 4.78 is 13.3. The number of amides is 1. The fraction of sp³-hybridized carbons (Fsp3) is 0.200. The maximum absolute atomic E-state index is 13.3. The van der Waals surface area contributed by atoms with E-state index in [0.717, 1.165) is 16.0 Å². The van der Waals surface area contributed by atoms with Gasteiger partial charge in [-0.15, -0.1) is 16.4 Å². The van der Waals surface area contributed by atoms with Crippen molar-refractivity contribution in [2.75, 3.05) is 5.75 Å². The number of halogens is 1. The van der Waals surface area contributed by atoms with E-state index in [1.165, 1.54) is 35.2 Å². The van der Waals surface area contributed by atoms with Gasteiger partial charge in [-0.05, 0) is 48.6 Å². The van der Waals surface area contributed by atoms with E-state index >= 15 is 0 Å². The van der Waals surface area contributed by atoms with Gasteiger partial charge in [0.1, 0.15) is 16.9 Å². The minimum atomic E-state index is -0.366. The summed E-state index contributed by atoms with van der Waals surface area (Å²) in [7, 11) is 0. The van der Waals surface area contributed by atoms with E-state index in [4.69, 9.17) is 0 Å². The zero-order chi connectivity index (χ0) is 20.1. The molecule has 3 rings (SSSR count). The highest BCUT2D eigenvalue weighted by Gasteiger charge is 2.19. The van der Waals surface area contributed by atoms with Gasteiger partial charge in [-0.2, -0.15) is 10.4 Å². The van der Waals surface area contributed by atoms with Crippen LogP contribution in [0.2, 0.25) is 0 Å². The van der Waals surface area contributed by atoms with E-state index < -0.39 is 0 Å². The fourth-order valence-electron chi connectivity index (χ4n) is 2.59. The second kappa shape index (κ2) is 8.95. The number of aryl methyl sites for hydroxylation is 1. The van der Waals surface area contributed by atoms with Crippen LogP contribution >= 0.6 is 23.1 Å². The van der Waals surface area contributed by atoms with Crippen LogP contribution in [0, 0.1) is 31.0 Å². The maximum Gasteiger partial charge on any atom is 0.231 e. The third-order valence-electron chi connectivity index (χ3n) is 4.21. The Kier molecular flexibility index (Phi) is 6.39. The Balaban J connectivity index is 1.74. The first-order valence-corrected chi connectivity index (χ1v) is 10.3. The molecule has 2 aromatic heterocycles. The molecule has 0 spiro atoms. The van der Waals surface area contributed by atoms with Gasteiger partial charge in [-0.3, -0.25) is 4.79 Å². The van der Waals surface area contributed by atoms with Crippen LogP contribution in [0.4, 0.5) is 4.39 Å². The Morgan fingerprint density at radius 1 is 1.29 bits per heavy atom. The number of thiophene rings is 1. The molecule has 142 valence electrons. The quantitative estimate of drug-likeness (QED) is 0.615. The Hall–Kier alpha value is -2.76. The number of thioether (sulfide) groups is 1. The van der Waals surface area contributed by atoms with Crippen molar-refractivity contribution < 1.29 is 9.18 Å². The third-order valence-corrected chi connectivity index (χ3v) is 6.11. The summed E-state index contributed by atoms with van der Waals surface area (Å²) in [5.41, 5.74) is 2.70. The summed E-state index contributed by atoms with van der Waals surface area (Å²) in [6.07, 6.45) is 0. The van der Waals surface area contributed by atoms with Crippen LogP contribution < -0.4 is 5.32 Å². The summed E-state index contributed by atoms with van der Waals surface area (Å²) in [4.78, 5) is 13.5. The van der Waals surface area contributed by atoms with Crippen LogP contribution in [-0.4, -0.2) is 21.9 Å². The standard InChI is InChI=1S/C20H17FN4OS2/c1-12-13(2)24-25-20(16(12)10-22)28-11-18(26)23-19(17-4-3-9-27-17)14-5-7-15(21)8-6-14/h3-9,19H,11H2,1-2H3,(H,23,26). The molecule has 8 heteroatoms. The average molecular weight is 413 g/mol. The maximum atomic E-state index is 13.3. The topological polar surface area (TPSA) is 78.7 Å². The number of nitrogens with one attached hydrogen (secondary N) is 1. The van der Waals surface area contributed by atoms with Crippen LogP contribution in [0.25, 0.3) is 0 Å². The van der Waals surface area contributed by atoms with Crippen LogP contribution in [-0.2, 0) is 4.79 Å². The van der Waals surface area contributed by atoms with Gasteiger partial charge in [-0.1, -0.05) is 30.0 Å². The second-order valence-corrected chi connectivity index (χ2v) is 8.00. The molecule has 1 atom stereocenters.